The molecule has 0 aromatic heterocycles. The Morgan fingerprint density at radius 1 is 0.964 bits per heavy atom. The van der Waals surface area contributed by atoms with Gasteiger partial charge < -0.3 is 28.4 Å². The standard InChI is InChI=1S/C21H18O7/c1-23-19-13-5-10-7-24-21(22)16(10)17(12(13)6-15-20(19)28-9-26-15)11-3-2-4-14-18(11)27-8-25-14/h2-4,6,10,16-17H,5,7-9H2,1H3. The first-order valence-corrected chi connectivity index (χ1v) is 9.30. The average Bonchev–Trinajstić information content (AvgIpc) is 3.44. The van der Waals surface area contributed by atoms with E-state index < -0.39 is 0 Å². The van der Waals surface area contributed by atoms with E-state index in [2.05, 4.69) is 0 Å². The van der Waals surface area contributed by atoms with Gasteiger partial charge in [-0.1, -0.05) is 12.1 Å². The van der Waals surface area contributed by atoms with Gasteiger partial charge in [0.25, 0.3) is 0 Å². The summed E-state index contributed by atoms with van der Waals surface area (Å²) >= 11 is 0. The molecule has 3 atom stereocenters. The van der Waals surface area contributed by atoms with Crippen molar-refractivity contribution in [2.45, 2.75) is 12.3 Å². The molecule has 1 fully saturated rings. The number of esters is 1. The van der Waals surface area contributed by atoms with Crippen LogP contribution < -0.4 is 23.7 Å². The molecule has 3 aliphatic heterocycles. The highest BCUT2D eigenvalue weighted by Gasteiger charge is 2.50. The molecular formula is C21H18O7. The molecule has 7 nitrogen and oxygen atoms in total. The lowest BCUT2D eigenvalue weighted by Gasteiger charge is -2.34. The number of ether oxygens (including phenoxy) is 6. The summed E-state index contributed by atoms with van der Waals surface area (Å²) in [4.78, 5) is 12.7. The van der Waals surface area contributed by atoms with E-state index in [0.29, 0.717) is 41.8 Å². The molecule has 3 heterocycles. The number of fused-ring (bicyclic) bond motifs is 4. The van der Waals surface area contributed by atoms with Crippen molar-refractivity contribution < 1.29 is 33.2 Å². The van der Waals surface area contributed by atoms with Crippen molar-refractivity contribution in [2.24, 2.45) is 11.8 Å². The van der Waals surface area contributed by atoms with Gasteiger partial charge in [-0.2, -0.15) is 0 Å². The molecule has 28 heavy (non-hydrogen) atoms. The van der Waals surface area contributed by atoms with E-state index in [1.165, 1.54) is 0 Å². The SMILES string of the molecule is COc1c2c(cc3c1OCO3)C(c1cccc3c1OCO3)C1C(=O)OCC1C2. The molecule has 2 aromatic rings. The van der Waals surface area contributed by atoms with Crippen molar-refractivity contribution in [1.29, 1.82) is 0 Å². The van der Waals surface area contributed by atoms with Crippen LogP contribution in [0.2, 0.25) is 0 Å². The maximum atomic E-state index is 12.7. The number of carbonyl (C=O) groups is 1. The first-order chi connectivity index (χ1) is 13.8. The van der Waals surface area contributed by atoms with Crippen molar-refractivity contribution in [3.63, 3.8) is 0 Å². The minimum atomic E-state index is -0.284. The van der Waals surface area contributed by atoms with Crippen LogP contribution in [0.3, 0.4) is 0 Å². The molecule has 3 unspecified atom stereocenters. The van der Waals surface area contributed by atoms with Gasteiger partial charge in [0, 0.05) is 23.0 Å². The summed E-state index contributed by atoms with van der Waals surface area (Å²) in [6.45, 7) is 0.740. The summed E-state index contributed by atoms with van der Waals surface area (Å²) in [5, 5.41) is 0. The Kier molecular flexibility index (Phi) is 3.24. The third-order valence-electron chi connectivity index (χ3n) is 6.10. The number of cyclic esters (lactones) is 1. The van der Waals surface area contributed by atoms with Crippen LogP contribution in [-0.2, 0) is 16.0 Å². The summed E-state index contributed by atoms with van der Waals surface area (Å²) < 4.78 is 33.8. The van der Waals surface area contributed by atoms with Gasteiger partial charge in [0.05, 0.1) is 19.6 Å². The number of rotatable bonds is 2. The lowest BCUT2D eigenvalue weighted by molar-refractivity contribution is -0.141. The van der Waals surface area contributed by atoms with Crippen LogP contribution in [0.1, 0.15) is 22.6 Å². The van der Waals surface area contributed by atoms with Gasteiger partial charge in [0.2, 0.25) is 19.3 Å². The summed E-state index contributed by atoms with van der Waals surface area (Å²) in [6.07, 6.45) is 0.689. The van der Waals surface area contributed by atoms with Crippen LogP contribution in [0.25, 0.3) is 0 Å². The molecule has 0 bridgehead atoms. The van der Waals surface area contributed by atoms with E-state index in [4.69, 9.17) is 28.4 Å². The number of para-hydroxylation sites is 1. The van der Waals surface area contributed by atoms with Crippen LogP contribution in [0.5, 0.6) is 28.7 Å². The maximum absolute atomic E-state index is 12.7. The average molecular weight is 382 g/mol. The quantitative estimate of drug-likeness (QED) is 0.740. The minimum absolute atomic E-state index is 0.0671. The van der Waals surface area contributed by atoms with Crippen LogP contribution in [0.4, 0.5) is 0 Å². The molecule has 7 heteroatoms. The molecule has 0 radical (unpaired) electrons. The van der Waals surface area contributed by atoms with Crippen LogP contribution in [-0.4, -0.2) is 33.3 Å². The zero-order valence-corrected chi connectivity index (χ0v) is 15.2. The fourth-order valence-electron chi connectivity index (χ4n) is 4.96. The Morgan fingerprint density at radius 3 is 2.64 bits per heavy atom. The second kappa shape index (κ2) is 5.70. The smallest absolute Gasteiger partial charge is 0.310 e. The summed E-state index contributed by atoms with van der Waals surface area (Å²) in [5.74, 6) is 2.70. The van der Waals surface area contributed by atoms with E-state index in [0.717, 1.165) is 16.7 Å². The van der Waals surface area contributed by atoms with Crippen molar-refractivity contribution in [3.05, 3.63) is 41.0 Å². The molecule has 4 aliphatic rings. The fraction of sp³-hybridized carbons (Fsp3) is 0.381. The summed E-state index contributed by atoms with van der Waals surface area (Å²) in [6, 6.07) is 7.77. The van der Waals surface area contributed by atoms with Gasteiger partial charge in [0.1, 0.15) is 0 Å². The molecular weight excluding hydrogens is 364 g/mol. The number of benzene rings is 2. The minimum Gasteiger partial charge on any atom is -0.492 e. The molecule has 1 saturated heterocycles. The Labute approximate surface area is 161 Å². The predicted molar refractivity (Wildman–Crippen MR) is 95.2 cm³/mol. The third-order valence-corrected chi connectivity index (χ3v) is 6.10. The van der Waals surface area contributed by atoms with Gasteiger partial charge in [-0.3, -0.25) is 4.79 Å². The highest BCUT2D eigenvalue weighted by molar-refractivity contribution is 5.79. The van der Waals surface area contributed by atoms with Gasteiger partial charge in [-0.25, -0.2) is 0 Å². The van der Waals surface area contributed by atoms with Crippen LogP contribution >= 0.6 is 0 Å². The summed E-state index contributed by atoms with van der Waals surface area (Å²) in [5.41, 5.74) is 2.95. The molecule has 1 aliphatic carbocycles. The van der Waals surface area contributed by atoms with E-state index in [-0.39, 0.29) is 37.3 Å². The fourth-order valence-corrected chi connectivity index (χ4v) is 4.96. The highest BCUT2D eigenvalue weighted by Crippen LogP contribution is 2.56. The summed E-state index contributed by atoms with van der Waals surface area (Å²) in [7, 11) is 1.63. The van der Waals surface area contributed by atoms with Crippen LogP contribution in [0, 0.1) is 11.8 Å². The number of methoxy groups -OCH3 is 1. The molecule has 0 amide bonds. The Balaban J connectivity index is 1.62. The molecule has 144 valence electrons. The van der Waals surface area contributed by atoms with Crippen molar-refractivity contribution in [3.8, 4) is 28.7 Å². The van der Waals surface area contributed by atoms with E-state index in [1.807, 2.05) is 24.3 Å². The van der Waals surface area contributed by atoms with Gasteiger partial charge in [-0.05, 0) is 24.1 Å². The van der Waals surface area contributed by atoms with Gasteiger partial charge in [0.15, 0.2) is 23.0 Å². The Bertz CT molecular complexity index is 999. The van der Waals surface area contributed by atoms with Crippen molar-refractivity contribution in [2.75, 3.05) is 27.3 Å². The molecule has 0 N–H and O–H groups in total. The van der Waals surface area contributed by atoms with Crippen LogP contribution in [0.15, 0.2) is 24.3 Å². The second-order valence-corrected chi connectivity index (χ2v) is 7.39. The van der Waals surface area contributed by atoms with Crippen molar-refractivity contribution in [1.82, 2.24) is 0 Å². The Hall–Kier alpha value is -3.09. The first kappa shape index (κ1) is 15.9. The lowest BCUT2D eigenvalue weighted by atomic mass is 9.67. The monoisotopic (exact) mass is 382 g/mol. The predicted octanol–water partition coefficient (Wildman–Crippen LogP) is 2.63. The largest absolute Gasteiger partial charge is 0.492 e. The van der Waals surface area contributed by atoms with Gasteiger partial charge in [-0.15, -0.1) is 0 Å². The Morgan fingerprint density at radius 2 is 1.79 bits per heavy atom. The number of carbonyl (C=O) groups excluding carboxylic acids is 1. The van der Waals surface area contributed by atoms with E-state index in [1.54, 1.807) is 7.11 Å². The number of hydrogen-bond acceptors (Lipinski definition) is 7. The maximum Gasteiger partial charge on any atom is 0.310 e. The molecule has 2 aromatic carbocycles. The van der Waals surface area contributed by atoms with E-state index in [9.17, 15) is 4.79 Å². The normalized spacial score (nSPS) is 25.9. The molecule has 0 saturated carbocycles. The zero-order chi connectivity index (χ0) is 18.8. The first-order valence-electron chi connectivity index (χ1n) is 9.30. The van der Waals surface area contributed by atoms with Crippen molar-refractivity contribution >= 4 is 5.97 Å². The lowest BCUT2D eigenvalue weighted by Crippen LogP contribution is -2.32. The topological polar surface area (TPSA) is 72.5 Å². The number of hydrogen-bond donors (Lipinski definition) is 0. The molecule has 6 rings (SSSR count). The second-order valence-electron chi connectivity index (χ2n) is 7.39. The third kappa shape index (κ3) is 2.01. The zero-order valence-electron chi connectivity index (χ0n) is 15.2. The molecule has 0 spiro atoms. The van der Waals surface area contributed by atoms with E-state index >= 15 is 0 Å². The van der Waals surface area contributed by atoms with Gasteiger partial charge >= 0.3 is 5.97 Å². The highest BCUT2D eigenvalue weighted by atomic mass is 16.7.